The molecule has 2 aromatic rings. The van der Waals surface area contributed by atoms with E-state index in [1.54, 1.807) is 24.3 Å². The van der Waals surface area contributed by atoms with Gasteiger partial charge in [0.15, 0.2) is 5.13 Å². The molecule has 1 aliphatic heterocycles. The number of amides is 3. The highest BCUT2D eigenvalue weighted by molar-refractivity contribution is 7.13. The van der Waals surface area contributed by atoms with Crippen molar-refractivity contribution >= 4 is 34.2 Å². The fraction of sp³-hybridized carbons (Fsp3) is 0.333. The first-order chi connectivity index (χ1) is 11.9. The van der Waals surface area contributed by atoms with Gasteiger partial charge in [-0.1, -0.05) is 26.0 Å². The van der Waals surface area contributed by atoms with Gasteiger partial charge in [0.05, 0.1) is 16.8 Å². The van der Waals surface area contributed by atoms with E-state index in [-0.39, 0.29) is 5.92 Å². The second-order valence-corrected chi connectivity index (χ2v) is 7.31. The number of carbonyl (C=O) groups is 3. The molecule has 0 saturated carbocycles. The van der Waals surface area contributed by atoms with Gasteiger partial charge in [0.1, 0.15) is 6.04 Å². The van der Waals surface area contributed by atoms with Crippen molar-refractivity contribution in [2.45, 2.75) is 33.2 Å². The Kier molecular flexibility index (Phi) is 4.67. The number of aromatic nitrogens is 1. The molecule has 0 aliphatic carbocycles. The maximum Gasteiger partial charge on any atom is 0.262 e. The van der Waals surface area contributed by atoms with Crippen LogP contribution in [0.1, 0.15) is 46.7 Å². The average Bonchev–Trinajstić information content (AvgIpc) is 3.08. The number of benzene rings is 1. The van der Waals surface area contributed by atoms with E-state index in [2.05, 4.69) is 10.3 Å². The molecule has 3 rings (SSSR count). The normalized spacial score (nSPS) is 14.8. The van der Waals surface area contributed by atoms with Crippen LogP contribution in [-0.4, -0.2) is 33.6 Å². The molecular weight excluding hydrogens is 338 g/mol. The molecule has 2 heterocycles. The van der Waals surface area contributed by atoms with E-state index in [0.29, 0.717) is 22.7 Å². The minimum Gasteiger partial charge on any atom is -0.300 e. The van der Waals surface area contributed by atoms with E-state index < -0.39 is 23.8 Å². The smallest absolute Gasteiger partial charge is 0.262 e. The van der Waals surface area contributed by atoms with Gasteiger partial charge in [-0.05, 0) is 31.4 Å². The van der Waals surface area contributed by atoms with Gasteiger partial charge in [0, 0.05) is 5.38 Å². The molecule has 130 valence electrons. The number of imide groups is 1. The summed E-state index contributed by atoms with van der Waals surface area (Å²) in [7, 11) is 0. The average molecular weight is 357 g/mol. The Bertz CT molecular complexity index is 809. The topological polar surface area (TPSA) is 79.4 Å². The molecule has 3 amide bonds. The number of nitrogens with one attached hydrogen (secondary N) is 1. The third kappa shape index (κ3) is 3.32. The van der Waals surface area contributed by atoms with Crippen molar-refractivity contribution in [3.63, 3.8) is 0 Å². The van der Waals surface area contributed by atoms with Gasteiger partial charge in [-0.3, -0.25) is 19.3 Å². The third-order valence-corrected chi connectivity index (χ3v) is 4.86. The number of fused-ring (bicyclic) bond motifs is 1. The lowest BCUT2D eigenvalue weighted by molar-refractivity contribution is -0.120. The second kappa shape index (κ2) is 6.76. The summed E-state index contributed by atoms with van der Waals surface area (Å²) in [5.74, 6) is -1.09. The Morgan fingerprint density at radius 2 is 1.80 bits per heavy atom. The number of hydrogen-bond donors (Lipinski definition) is 1. The van der Waals surface area contributed by atoms with E-state index in [1.807, 2.05) is 26.2 Å². The van der Waals surface area contributed by atoms with E-state index in [9.17, 15) is 14.4 Å². The second-order valence-electron chi connectivity index (χ2n) is 6.45. The zero-order valence-electron chi connectivity index (χ0n) is 14.3. The van der Waals surface area contributed by atoms with Gasteiger partial charge in [-0.15, -0.1) is 11.3 Å². The highest BCUT2D eigenvalue weighted by Gasteiger charge is 2.42. The van der Waals surface area contributed by atoms with Crippen molar-refractivity contribution in [2.24, 2.45) is 5.92 Å². The summed E-state index contributed by atoms with van der Waals surface area (Å²) >= 11 is 1.31. The molecule has 0 saturated heterocycles. The Labute approximate surface area is 149 Å². The van der Waals surface area contributed by atoms with Crippen LogP contribution in [0, 0.1) is 12.8 Å². The molecule has 6 nitrogen and oxygen atoms in total. The zero-order chi connectivity index (χ0) is 18.1. The lowest BCUT2D eigenvalue weighted by atomic mass is 10.0. The van der Waals surface area contributed by atoms with Gasteiger partial charge < -0.3 is 5.32 Å². The molecule has 1 aromatic heterocycles. The number of thiazole rings is 1. The SMILES string of the molecule is Cc1csc(NC(=O)[C@@H](CC(C)C)N2C(=O)c3ccccc3C2=O)n1. The summed E-state index contributed by atoms with van der Waals surface area (Å²) in [4.78, 5) is 43.5. The lowest BCUT2D eigenvalue weighted by Crippen LogP contribution is -2.47. The highest BCUT2D eigenvalue weighted by Crippen LogP contribution is 2.27. The first-order valence-electron chi connectivity index (χ1n) is 8.08. The van der Waals surface area contributed by atoms with E-state index >= 15 is 0 Å². The van der Waals surface area contributed by atoms with Gasteiger partial charge in [-0.25, -0.2) is 4.98 Å². The number of rotatable bonds is 5. The molecule has 1 N–H and O–H groups in total. The van der Waals surface area contributed by atoms with Crippen LogP contribution in [0.4, 0.5) is 5.13 Å². The number of carbonyl (C=O) groups excluding carboxylic acids is 3. The minimum atomic E-state index is -0.864. The summed E-state index contributed by atoms with van der Waals surface area (Å²) in [6, 6.07) is 5.79. The minimum absolute atomic E-state index is 0.137. The van der Waals surface area contributed by atoms with Gasteiger partial charge in [0.25, 0.3) is 11.8 Å². The van der Waals surface area contributed by atoms with Crippen LogP contribution < -0.4 is 5.32 Å². The summed E-state index contributed by atoms with van der Waals surface area (Å²) in [6.07, 6.45) is 0.391. The van der Waals surface area contributed by atoms with Crippen LogP contribution in [0.25, 0.3) is 0 Å². The first kappa shape index (κ1) is 17.3. The van der Waals surface area contributed by atoms with Gasteiger partial charge >= 0.3 is 0 Å². The summed E-state index contributed by atoms with van der Waals surface area (Å²) in [5, 5.41) is 5.03. The predicted octanol–water partition coefficient (Wildman–Crippen LogP) is 3.10. The van der Waals surface area contributed by atoms with Crippen LogP contribution in [0.2, 0.25) is 0 Å². The van der Waals surface area contributed by atoms with Crippen LogP contribution in [0.3, 0.4) is 0 Å². The summed E-state index contributed by atoms with van der Waals surface area (Å²) in [5.41, 5.74) is 1.50. The fourth-order valence-corrected chi connectivity index (χ4v) is 3.56. The first-order valence-corrected chi connectivity index (χ1v) is 8.96. The Balaban J connectivity index is 1.90. The van der Waals surface area contributed by atoms with Crippen molar-refractivity contribution in [2.75, 3.05) is 5.32 Å². The van der Waals surface area contributed by atoms with Crippen molar-refractivity contribution in [3.8, 4) is 0 Å². The monoisotopic (exact) mass is 357 g/mol. The predicted molar refractivity (Wildman–Crippen MR) is 95.7 cm³/mol. The van der Waals surface area contributed by atoms with Crippen LogP contribution in [-0.2, 0) is 4.79 Å². The van der Waals surface area contributed by atoms with Crippen molar-refractivity contribution < 1.29 is 14.4 Å². The number of hydrogen-bond acceptors (Lipinski definition) is 5. The molecule has 1 aromatic carbocycles. The van der Waals surface area contributed by atoms with Gasteiger partial charge in [0.2, 0.25) is 5.91 Å². The Morgan fingerprint density at radius 3 is 2.28 bits per heavy atom. The Morgan fingerprint density at radius 1 is 1.20 bits per heavy atom. The van der Waals surface area contributed by atoms with Crippen molar-refractivity contribution in [1.82, 2.24) is 9.88 Å². The number of aryl methyl sites for hydroxylation is 1. The maximum absolute atomic E-state index is 12.8. The van der Waals surface area contributed by atoms with E-state index in [1.165, 1.54) is 11.3 Å². The quantitative estimate of drug-likeness (QED) is 0.834. The molecule has 0 spiro atoms. The fourth-order valence-electron chi connectivity index (χ4n) is 2.87. The summed E-state index contributed by atoms with van der Waals surface area (Å²) in [6.45, 7) is 5.74. The number of anilines is 1. The van der Waals surface area contributed by atoms with E-state index in [0.717, 1.165) is 10.6 Å². The van der Waals surface area contributed by atoms with Crippen molar-refractivity contribution in [1.29, 1.82) is 0 Å². The molecule has 0 radical (unpaired) electrons. The molecule has 0 fully saturated rings. The Hall–Kier alpha value is -2.54. The molecule has 0 unspecified atom stereocenters. The molecular formula is C18H19N3O3S. The molecule has 7 heteroatoms. The zero-order valence-corrected chi connectivity index (χ0v) is 15.1. The maximum atomic E-state index is 12.8. The number of nitrogens with zero attached hydrogens (tertiary/aromatic N) is 2. The van der Waals surface area contributed by atoms with Gasteiger partial charge in [-0.2, -0.15) is 0 Å². The third-order valence-electron chi connectivity index (χ3n) is 3.98. The summed E-state index contributed by atoms with van der Waals surface area (Å²) < 4.78 is 0. The van der Waals surface area contributed by atoms with E-state index in [4.69, 9.17) is 0 Å². The van der Waals surface area contributed by atoms with Crippen LogP contribution in [0.15, 0.2) is 29.6 Å². The largest absolute Gasteiger partial charge is 0.300 e. The standard InChI is InChI=1S/C18H19N3O3S/c1-10(2)8-14(15(22)20-18-19-11(3)9-25-18)21-16(23)12-6-4-5-7-13(12)17(21)24/h4-7,9-10,14H,8H2,1-3H3,(H,19,20,22)/t14-/m1/s1. The molecule has 1 aliphatic rings. The molecule has 0 bridgehead atoms. The van der Waals surface area contributed by atoms with Crippen LogP contribution >= 0.6 is 11.3 Å². The lowest BCUT2D eigenvalue weighted by Gasteiger charge is -2.26. The van der Waals surface area contributed by atoms with Crippen LogP contribution in [0.5, 0.6) is 0 Å². The highest BCUT2D eigenvalue weighted by atomic mass is 32.1. The molecule has 1 atom stereocenters. The molecule has 25 heavy (non-hydrogen) atoms. The van der Waals surface area contributed by atoms with Crippen molar-refractivity contribution in [3.05, 3.63) is 46.5 Å².